The summed E-state index contributed by atoms with van der Waals surface area (Å²) in [4.78, 5) is 34.6. The molecule has 0 bridgehead atoms. The molecular formula is C32H34N6O3S. The molecule has 1 aliphatic heterocycles. The molecule has 2 heterocycles. The summed E-state index contributed by atoms with van der Waals surface area (Å²) in [6, 6.07) is 20.5. The number of hydrogen-bond donors (Lipinski definition) is 2. The third kappa shape index (κ3) is 6.94. The third-order valence-electron chi connectivity index (χ3n) is 7.37. The Bertz CT molecular complexity index is 1670. The van der Waals surface area contributed by atoms with E-state index in [1.807, 2.05) is 57.2 Å². The number of hydrogen-bond acceptors (Lipinski definition) is 8. The molecule has 0 saturated carbocycles. The first-order valence-corrected chi connectivity index (χ1v) is 14.6. The van der Waals surface area contributed by atoms with E-state index in [-0.39, 0.29) is 11.8 Å². The lowest BCUT2D eigenvalue weighted by molar-refractivity contribution is -0.117. The van der Waals surface area contributed by atoms with Crippen molar-refractivity contribution in [3.63, 3.8) is 0 Å². The van der Waals surface area contributed by atoms with Gasteiger partial charge in [0.1, 0.15) is 11.5 Å². The number of nitrogens with one attached hydrogen (secondary N) is 2. The Morgan fingerprint density at radius 1 is 1.05 bits per heavy atom. The summed E-state index contributed by atoms with van der Waals surface area (Å²) in [6.07, 6.45) is 0. The van der Waals surface area contributed by atoms with Crippen LogP contribution in [-0.2, 0) is 10.2 Å². The molecule has 0 radical (unpaired) electrons. The van der Waals surface area contributed by atoms with E-state index in [1.165, 1.54) is 11.3 Å². The summed E-state index contributed by atoms with van der Waals surface area (Å²) in [5.41, 5.74) is 2.84. The fourth-order valence-corrected chi connectivity index (χ4v) is 5.53. The largest absolute Gasteiger partial charge is 0.457 e. The summed E-state index contributed by atoms with van der Waals surface area (Å²) in [7, 11) is 2.09. The molecule has 42 heavy (non-hydrogen) atoms. The van der Waals surface area contributed by atoms with Crippen LogP contribution in [0.1, 0.15) is 35.3 Å². The van der Waals surface area contributed by atoms with Crippen molar-refractivity contribution in [2.24, 2.45) is 0 Å². The number of ether oxygens (including phenoxy) is 1. The lowest BCUT2D eigenvalue weighted by Crippen LogP contribution is -2.47. The maximum absolute atomic E-state index is 13.0. The number of nitriles is 1. The van der Waals surface area contributed by atoms with Crippen molar-refractivity contribution in [1.29, 1.82) is 5.26 Å². The van der Waals surface area contributed by atoms with Crippen molar-refractivity contribution in [3.8, 4) is 17.6 Å². The number of amides is 2. The number of aryl methyl sites for hydroxylation is 1. The molecule has 1 fully saturated rings. The molecule has 3 aromatic carbocycles. The predicted octanol–water partition coefficient (Wildman–Crippen LogP) is 5.64. The van der Waals surface area contributed by atoms with Gasteiger partial charge in [-0.25, -0.2) is 4.98 Å². The lowest BCUT2D eigenvalue weighted by Gasteiger charge is -2.31. The first-order chi connectivity index (χ1) is 20.1. The van der Waals surface area contributed by atoms with Gasteiger partial charge in [-0.1, -0.05) is 29.5 Å². The van der Waals surface area contributed by atoms with Crippen LogP contribution in [0, 0.1) is 18.3 Å². The normalized spacial score (nSPS) is 14.4. The van der Waals surface area contributed by atoms with Gasteiger partial charge < -0.3 is 20.3 Å². The molecular weight excluding hydrogens is 548 g/mol. The van der Waals surface area contributed by atoms with Crippen molar-refractivity contribution >= 4 is 44.2 Å². The molecule has 1 saturated heterocycles. The van der Waals surface area contributed by atoms with E-state index in [9.17, 15) is 14.9 Å². The van der Waals surface area contributed by atoms with E-state index < -0.39 is 5.41 Å². The summed E-state index contributed by atoms with van der Waals surface area (Å²) >= 11 is 1.40. The molecule has 5 rings (SSSR count). The molecule has 9 nitrogen and oxygen atoms in total. The van der Waals surface area contributed by atoms with Crippen LogP contribution in [0.15, 0.2) is 60.7 Å². The van der Waals surface area contributed by atoms with Crippen molar-refractivity contribution in [2.75, 3.05) is 50.4 Å². The van der Waals surface area contributed by atoms with Gasteiger partial charge in [-0.2, -0.15) is 5.26 Å². The van der Waals surface area contributed by atoms with Crippen LogP contribution in [0.25, 0.3) is 10.2 Å². The second kappa shape index (κ2) is 12.3. The maximum Gasteiger partial charge on any atom is 0.255 e. The number of carbonyl (C=O) groups is 2. The summed E-state index contributed by atoms with van der Waals surface area (Å²) in [6.45, 7) is 9.61. The Labute approximate surface area is 249 Å². The van der Waals surface area contributed by atoms with Crippen LogP contribution in [0.4, 0.5) is 10.8 Å². The zero-order valence-electron chi connectivity index (χ0n) is 24.2. The number of piperazine rings is 1. The number of aromatic nitrogens is 1. The smallest absolute Gasteiger partial charge is 0.255 e. The fraction of sp³-hybridized carbons (Fsp3) is 0.312. The molecule has 2 amide bonds. The van der Waals surface area contributed by atoms with Gasteiger partial charge in [-0.3, -0.25) is 14.5 Å². The van der Waals surface area contributed by atoms with Crippen molar-refractivity contribution in [2.45, 2.75) is 26.2 Å². The molecule has 2 N–H and O–H groups in total. The van der Waals surface area contributed by atoms with Gasteiger partial charge in [0.05, 0.1) is 28.2 Å². The molecule has 0 atom stereocenters. The summed E-state index contributed by atoms with van der Waals surface area (Å²) in [5.74, 6) is 0.898. The first-order valence-electron chi connectivity index (χ1n) is 13.8. The van der Waals surface area contributed by atoms with Crippen molar-refractivity contribution in [3.05, 3.63) is 77.4 Å². The van der Waals surface area contributed by atoms with E-state index in [0.717, 1.165) is 47.5 Å². The zero-order valence-corrected chi connectivity index (χ0v) is 25.0. The van der Waals surface area contributed by atoms with Crippen molar-refractivity contribution in [1.82, 2.24) is 14.8 Å². The quantitative estimate of drug-likeness (QED) is 0.277. The number of thiazole rings is 1. The van der Waals surface area contributed by atoms with E-state index in [0.29, 0.717) is 34.4 Å². The number of carbonyl (C=O) groups excluding carboxylic acids is 2. The Morgan fingerprint density at radius 2 is 1.83 bits per heavy atom. The Hall–Kier alpha value is -4.30. The second-order valence-electron chi connectivity index (χ2n) is 11.1. The monoisotopic (exact) mass is 582 g/mol. The number of rotatable bonds is 8. The molecule has 0 aliphatic carbocycles. The molecule has 1 aliphatic rings. The standard InChI is InChI=1S/C32H34N6O3S/c1-21-8-9-24(34-30(40)22-6-5-7-23(16-22)32(2,3)20-33)17-27(21)41-25-10-11-26-28(18-25)42-31(35-26)36-29(39)19-38-14-12-37(4)13-15-38/h5-11,16-18H,12-15,19H2,1-4H3,(H,34,40)(H,35,36,39). The lowest BCUT2D eigenvalue weighted by atomic mass is 9.85. The Morgan fingerprint density at radius 3 is 2.60 bits per heavy atom. The molecule has 216 valence electrons. The maximum atomic E-state index is 13.0. The predicted molar refractivity (Wildman–Crippen MR) is 166 cm³/mol. The van der Waals surface area contributed by atoms with Gasteiger partial charge in [-0.15, -0.1) is 0 Å². The molecule has 0 spiro atoms. The second-order valence-corrected chi connectivity index (χ2v) is 12.2. The van der Waals surface area contributed by atoms with Crippen LogP contribution in [0.3, 0.4) is 0 Å². The highest BCUT2D eigenvalue weighted by Gasteiger charge is 2.21. The molecule has 10 heteroatoms. The van der Waals surface area contributed by atoms with Crippen LogP contribution in [-0.4, -0.2) is 66.4 Å². The highest BCUT2D eigenvalue weighted by Crippen LogP contribution is 2.33. The third-order valence-corrected chi connectivity index (χ3v) is 8.30. The topological polar surface area (TPSA) is 111 Å². The average Bonchev–Trinajstić information content (AvgIpc) is 3.37. The molecule has 0 unspecified atom stereocenters. The minimum atomic E-state index is -0.697. The van der Waals surface area contributed by atoms with E-state index >= 15 is 0 Å². The number of likely N-dealkylation sites (N-methyl/N-ethyl adjacent to an activating group) is 1. The van der Waals surface area contributed by atoms with Gasteiger partial charge in [-0.05, 0) is 69.3 Å². The van der Waals surface area contributed by atoms with Crippen LogP contribution < -0.4 is 15.4 Å². The van der Waals surface area contributed by atoms with Crippen LogP contribution in [0.2, 0.25) is 0 Å². The number of anilines is 2. The first kappa shape index (κ1) is 29.2. The van der Waals surface area contributed by atoms with Gasteiger partial charge in [0.2, 0.25) is 5.91 Å². The number of nitrogens with zero attached hydrogens (tertiary/aromatic N) is 4. The summed E-state index contributed by atoms with van der Waals surface area (Å²) < 4.78 is 7.11. The average molecular weight is 583 g/mol. The minimum absolute atomic E-state index is 0.0647. The van der Waals surface area contributed by atoms with Gasteiger partial charge in [0, 0.05) is 49.6 Å². The molecule has 4 aromatic rings. The number of benzene rings is 3. The van der Waals surface area contributed by atoms with Crippen molar-refractivity contribution < 1.29 is 14.3 Å². The summed E-state index contributed by atoms with van der Waals surface area (Å²) in [5, 5.41) is 15.9. The Kier molecular flexibility index (Phi) is 8.54. The van der Waals surface area contributed by atoms with Gasteiger partial charge in [0.25, 0.3) is 5.91 Å². The fourth-order valence-electron chi connectivity index (χ4n) is 4.62. The number of fused-ring (bicyclic) bond motifs is 1. The van der Waals surface area contributed by atoms with Crippen LogP contribution >= 0.6 is 11.3 Å². The van der Waals surface area contributed by atoms with Crippen LogP contribution in [0.5, 0.6) is 11.5 Å². The SMILES string of the molecule is Cc1ccc(NC(=O)c2cccc(C(C)(C)C#N)c2)cc1Oc1ccc2nc(NC(=O)CN3CCN(C)CC3)sc2c1. The highest BCUT2D eigenvalue weighted by molar-refractivity contribution is 7.22. The molecule has 1 aromatic heterocycles. The van der Waals surface area contributed by atoms with E-state index in [2.05, 4.69) is 38.5 Å². The zero-order chi connectivity index (χ0) is 29.9. The van der Waals surface area contributed by atoms with E-state index in [4.69, 9.17) is 4.74 Å². The van der Waals surface area contributed by atoms with Gasteiger partial charge in [0.15, 0.2) is 5.13 Å². The van der Waals surface area contributed by atoms with E-state index in [1.54, 1.807) is 24.3 Å². The minimum Gasteiger partial charge on any atom is -0.457 e. The highest BCUT2D eigenvalue weighted by atomic mass is 32.1. The Balaban J connectivity index is 1.25. The van der Waals surface area contributed by atoms with Gasteiger partial charge >= 0.3 is 0 Å².